The Hall–Kier alpha value is -2.04. The molecule has 0 radical (unpaired) electrons. The second-order valence-corrected chi connectivity index (χ2v) is 3.86. The van der Waals surface area contributed by atoms with E-state index in [-0.39, 0.29) is 11.7 Å². The highest BCUT2D eigenvalue weighted by atomic mass is 16.4. The lowest BCUT2D eigenvalue weighted by Crippen LogP contribution is -2.38. The second kappa shape index (κ2) is 5.34. The molecule has 0 bridgehead atoms. The number of aliphatic carboxylic acids is 1. The molecular formula is C12H15NO4. The third kappa shape index (κ3) is 3.21. The summed E-state index contributed by atoms with van der Waals surface area (Å²) in [6.07, 6.45) is 0. The van der Waals surface area contributed by atoms with Gasteiger partial charge in [0.2, 0.25) is 5.91 Å². The minimum Gasteiger partial charge on any atom is -0.508 e. The first-order valence-corrected chi connectivity index (χ1v) is 5.21. The highest BCUT2D eigenvalue weighted by molar-refractivity contribution is 5.80. The molecule has 92 valence electrons. The zero-order valence-electron chi connectivity index (χ0n) is 9.68. The van der Waals surface area contributed by atoms with Gasteiger partial charge in [-0.15, -0.1) is 0 Å². The molecule has 0 aliphatic carbocycles. The normalized spacial score (nSPS) is 13.8. The monoisotopic (exact) mass is 237 g/mol. The van der Waals surface area contributed by atoms with Crippen LogP contribution in [0.15, 0.2) is 24.3 Å². The van der Waals surface area contributed by atoms with Crippen LogP contribution in [0.3, 0.4) is 0 Å². The minimum atomic E-state index is -1.09. The fourth-order valence-electron chi connectivity index (χ4n) is 1.77. The van der Waals surface area contributed by atoms with Gasteiger partial charge in [-0.2, -0.15) is 0 Å². The van der Waals surface area contributed by atoms with Gasteiger partial charge in [-0.05, 0) is 13.0 Å². The number of hydrogen-bond acceptors (Lipinski definition) is 3. The van der Waals surface area contributed by atoms with E-state index in [1.54, 1.807) is 19.1 Å². The van der Waals surface area contributed by atoms with Gasteiger partial charge in [0.15, 0.2) is 0 Å². The van der Waals surface area contributed by atoms with Gasteiger partial charge in [0.25, 0.3) is 0 Å². The Bertz CT molecular complexity index is 430. The van der Waals surface area contributed by atoms with Crippen LogP contribution in [0.1, 0.15) is 25.3 Å². The van der Waals surface area contributed by atoms with Gasteiger partial charge < -0.3 is 15.5 Å². The molecule has 0 aromatic heterocycles. The number of para-hydroxylation sites is 1. The van der Waals surface area contributed by atoms with Crippen LogP contribution in [0, 0.1) is 0 Å². The van der Waals surface area contributed by atoms with Gasteiger partial charge in [0.05, 0.1) is 0 Å². The van der Waals surface area contributed by atoms with Crippen molar-refractivity contribution in [2.45, 2.75) is 25.8 Å². The van der Waals surface area contributed by atoms with Crippen LogP contribution >= 0.6 is 0 Å². The molecule has 1 aromatic rings. The largest absolute Gasteiger partial charge is 0.508 e. The van der Waals surface area contributed by atoms with Crippen LogP contribution in [-0.4, -0.2) is 28.1 Å². The summed E-state index contributed by atoms with van der Waals surface area (Å²) in [6, 6.07) is 5.61. The van der Waals surface area contributed by atoms with E-state index in [9.17, 15) is 19.8 Å². The molecule has 1 amide bonds. The zero-order valence-corrected chi connectivity index (χ0v) is 9.68. The molecule has 5 nitrogen and oxygen atoms in total. The predicted molar refractivity (Wildman–Crippen MR) is 61.8 cm³/mol. The lowest BCUT2D eigenvalue weighted by Gasteiger charge is -2.21. The Morgan fingerprint density at radius 1 is 1.29 bits per heavy atom. The average Bonchev–Trinajstić information content (AvgIpc) is 2.19. The standard InChI is InChI=1S/C12H15NO4/c1-7(13-8(2)14)11(12(16)17)9-5-3-4-6-10(9)15/h3-7,11,15H,1-2H3,(H,13,14)(H,16,17)/t7-,11-/m1/s1. The average molecular weight is 237 g/mol. The van der Waals surface area contributed by atoms with Crippen LogP contribution in [-0.2, 0) is 9.59 Å². The quantitative estimate of drug-likeness (QED) is 0.731. The topological polar surface area (TPSA) is 86.6 Å². The Balaban J connectivity index is 3.06. The lowest BCUT2D eigenvalue weighted by molar-refractivity contribution is -0.139. The van der Waals surface area contributed by atoms with Crippen molar-refractivity contribution < 1.29 is 19.8 Å². The maximum Gasteiger partial charge on any atom is 0.313 e. The second-order valence-electron chi connectivity index (χ2n) is 3.86. The van der Waals surface area contributed by atoms with Crippen molar-refractivity contribution in [2.75, 3.05) is 0 Å². The molecule has 0 unspecified atom stereocenters. The molecule has 5 heteroatoms. The fraction of sp³-hybridized carbons (Fsp3) is 0.333. The van der Waals surface area contributed by atoms with Gasteiger partial charge in [-0.3, -0.25) is 9.59 Å². The first kappa shape index (κ1) is 13.0. The summed E-state index contributed by atoms with van der Waals surface area (Å²) in [5.41, 5.74) is 0.293. The maximum atomic E-state index is 11.2. The third-order valence-corrected chi connectivity index (χ3v) is 2.47. The third-order valence-electron chi connectivity index (χ3n) is 2.47. The Morgan fingerprint density at radius 2 is 1.88 bits per heavy atom. The molecule has 0 aliphatic rings. The number of benzene rings is 1. The number of amides is 1. The summed E-state index contributed by atoms with van der Waals surface area (Å²) in [5, 5.41) is 21.3. The van der Waals surface area contributed by atoms with Crippen molar-refractivity contribution in [1.82, 2.24) is 5.32 Å². The van der Waals surface area contributed by atoms with Crippen molar-refractivity contribution in [3.05, 3.63) is 29.8 Å². The number of carbonyl (C=O) groups is 2. The minimum absolute atomic E-state index is 0.0860. The lowest BCUT2D eigenvalue weighted by atomic mass is 9.91. The van der Waals surface area contributed by atoms with Crippen LogP contribution in [0.2, 0.25) is 0 Å². The predicted octanol–water partition coefficient (Wildman–Crippen LogP) is 1.08. The van der Waals surface area contributed by atoms with Gasteiger partial charge in [-0.1, -0.05) is 18.2 Å². The number of phenols is 1. The summed E-state index contributed by atoms with van der Waals surface area (Å²) in [5.74, 6) is -2.45. The van der Waals surface area contributed by atoms with E-state index in [1.807, 2.05) is 0 Å². The molecule has 1 aromatic carbocycles. The Morgan fingerprint density at radius 3 is 2.35 bits per heavy atom. The fourth-order valence-corrected chi connectivity index (χ4v) is 1.77. The molecule has 0 fully saturated rings. The molecule has 0 aliphatic heterocycles. The van der Waals surface area contributed by atoms with E-state index in [0.717, 1.165) is 0 Å². The number of nitrogens with one attached hydrogen (secondary N) is 1. The molecule has 2 atom stereocenters. The number of aromatic hydroxyl groups is 1. The van der Waals surface area contributed by atoms with Gasteiger partial charge in [0, 0.05) is 18.5 Å². The van der Waals surface area contributed by atoms with E-state index in [2.05, 4.69) is 5.32 Å². The van der Waals surface area contributed by atoms with Crippen molar-refractivity contribution in [2.24, 2.45) is 0 Å². The van der Waals surface area contributed by atoms with E-state index in [0.29, 0.717) is 5.56 Å². The number of hydrogen-bond donors (Lipinski definition) is 3. The summed E-state index contributed by atoms with van der Waals surface area (Å²) < 4.78 is 0. The van der Waals surface area contributed by atoms with Crippen LogP contribution in [0.4, 0.5) is 0 Å². The van der Waals surface area contributed by atoms with Gasteiger partial charge >= 0.3 is 5.97 Å². The van der Waals surface area contributed by atoms with Crippen molar-refractivity contribution in [1.29, 1.82) is 0 Å². The van der Waals surface area contributed by atoms with E-state index < -0.39 is 17.9 Å². The number of carboxylic acids is 1. The highest BCUT2D eigenvalue weighted by Crippen LogP contribution is 2.28. The SMILES string of the molecule is CC(=O)N[C@H](C)[C@@H](C(=O)O)c1ccccc1O. The zero-order chi connectivity index (χ0) is 13.0. The van der Waals surface area contributed by atoms with Crippen molar-refractivity contribution in [3.8, 4) is 5.75 Å². The van der Waals surface area contributed by atoms with Crippen molar-refractivity contribution in [3.63, 3.8) is 0 Å². The van der Waals surface area contributed by atoms with Gasteiger partial charge in [0.1, 0.15) is 11.7 Å². The summed E-state index contributed by atoms with van der Waals surface area (Å²) in [7, 11) is 0. The molecule has 17 heavy (non-hydrogen) atoms. The molecule has 0 saturated carbocycles. The van der Waals surface area contributed by atoms with Crippen LogP contribution < -0.4 is 5.32 Å². The number of carboxylic acid groups (broad SMARTS) is 1. The molecule has 1 rings (SSSR count). The van der Waals surface area contributed by atoms with Crippen molar-refractivity contribution >= 4 is 11.9 Å². The summed E-state index contributed by atoms with van der Waals surface area (Å²) in [6.45, 7) is 2.91. The van der Waals surface area contributed by atoms with E-state index >= 15 is 0 Å². The number of phenolic OH excluding ortho intramolecular Hbond substituents is 1. The Labute approximate surface area is 99.1 Å². The first-order valence-electron chi connectivity index (χ1n) is 5.21. The molecule has 0 saturated heterocycles. The number of carbonyl (C=O) groups excluding carboxylic acids is 1. The molecular weight excluding hydrogens is 222 g/mol. The summed E-state index contributed by atoms with van der Waals surface area (Å²) >= 11 is 0. The Kier molecular flexibility index (Phi) is 4.09. The molecule has 0 heterocycles. The number of rotatable bonds is 4. The van der Waals surface area contributed by atoms with E-state index in [1.165, 1.54) is 19.1 Å². The molecule has 0 spiro atoms. The van der Waals surface area contributed by atoms with Gasteiger partial charge in [-0.25, -0.2) is 0 Å². The van der Waals surface area contributed by atoms with Crippen LogP contribution in [0.5, 0.6) is 5.75 Å². The first-order chi connectivity index (χ1) is 7.93. The highest BCUT2D eigenvalue weighted by Gasteiger charge is 2.29. The molecule has 3 N–H and O–H groups in total. The summed E-state index contributed by atoms with van der Waals surface area (Å²) in [4.78, 5) is 22.1. The smallest absolute Gasteiger partial charge is 0.313 e. The van der Waals surface area contributed by atoms with E-state index in [4.69, 9.17) is 0 Å². The maximum absolute atomic E-state index is 11.2. The van der Waals surface area contributed by atoms with Crippen LogP contribution in [0.25, 0.3) is 0 Å².